The fourth-order valence-electron chi connectivity index (χ4n) is 1.49. The van der Waals surface area contributed by atoms with E-state index in [1.54, 1.807) is 11.7 Å². The molecule has 0 atom stereocenters. The first-order chi connectivity index (χ1) is 8.17. The smallest absolute Gasteiger partial charge is 0.199 e. The maximum atomic E-state index is 9.18. The van der Waals surface area contributed by atoms with Gasteiger partial charge in [-0.1, -0.05) is 0 Å². The Bertz CT molecular complexity index is 593. The van der Waals surface area contributed by atoms with Crippen molar-refractivity contribution in [1.29, 1.82) is 0 Å². The number of halogens is 1. The molecule has 1 aromatic carbocycles. The molecule has 0 saturated heterocycles. The SMILES string of the molecule is COc1cc(-n2c(CO)n[nH]c2=S)ccc1Br. The largest absolute Gasteiger partial charge is 0.495 e. The molecule has 1 heterocycles. The van der Waals surface area contributed by atoms with Gasteiger partial charge in [0.05, 0.1) is 17.3 Å². The molecule has 0 bridgehead atoms. The average Bonchev–Trinajstić information content (AvgIpc) is 2.71. The lowest BCUT2D eigenvalue weighted by Crippen LogP contribution is -2.01. The molecule has 0 aliphatic carbocycles. The Morgan fingerprint density at radius 1 is 1.59 bits per heavy atom. The van der Waals surface area contributed by atoms with Gasteiger partial charge < -0.3 is 9.84 Å². The molecule has 2 aromatic rings. The van der Waals surface area contributed by atoms with Gasteiger partial charge in [0.1, 0.15) is 12.4 Å². The molecule has 0 aliphatic heterocycles. The fraction of sp³-hybridized carbons (Fsp3) is 0.200. The van der Waals surface area contributed by atoms with Crippen molar-refractivity contribution in [3.63, 3.8) is 0 Å². The number of ether oxygens (including phenoxy) is 1. The van der Waals surface area contributed by atoms with E-state index >= 15 is 0 Å². The number of H-pyrrole nitrogens is 1. The Morgan fingerprint density at radius 2 is 2.35 bits per heavy atom. The lowest BCUT2D eigenvalue weighted by Gasteiger charge is -2.08. The van der Waals surface area contributed by atoms with Gasteiger partial charge in [-0.05, 0) is 40.3 Å². The van der Waals surface area contributed by atoms with E-state index in [-0.39, 0.29) is 6.61 Å². The lowest BCUT2D eigenvalue weighted by atomic mass is 10.3. The third-order valence-electron chi connectivity index (χ3n) is 2.28. The number of hydrogen-bond acceptors (Lipinski definition) is 4. The minimum Gasteiger partial charge on any atom is -0.495 e. The van der Waals surface area contributed by atoms with Crippen LogP contribution in [0.5, 0.6) is 5.75 Å². The van der Waals surface area contributed by atoms with Crippen LogP contribution in [0.3, 0.4) is 0 Å². The highest BCUT2D eigenvalue weighted by Gasteiger charge is 2.09. The molecule has 0 spiro atoms. The van der Waals surface area contributed by atoms with Crippen LogP contribution in [-0.4, -0.2) is 27.0 Å². The number of benzene rings is 1. The number of aromatic amines is 1. The van der Waals surface area contributed by atoms with Crippen molar-refractivity contribution in [1.82, 2.24) is 14.8 Å². The minimum absolute atomic E-state index is 0.189. The van der Waals surface area contributed by atoms with E-state index < -0.39 is 0 Å². The molecular weight excluding hydrogens is 306 g/mol. The van der Waals surface area contributed by atoms with Crippen LogP contribution in [-0.2, 0) is 6.61 Å². The topological polar surface area (TPSA) is 63.1 Å². The molecule has 0 saturated carbocycles. The quantitative estimate of drug-likeness (QED) is 0.852. The van der Waals surface area contributed by atoms with Gasteiger partial charge in [0, 0.05) is 6.07 Å². The van der Waals surface area contributed by atoms with Crippen molar-refractivity contribution in [2.75, 3.05) is 7.11 Å². The van der Waals surface area contributed by atoms with E-state index in [0.717, 1.165) is 10.2 Å². The Hall–Kier alpha value is -1.18. The van der Waals surface area contributed by atoms with E-state index in [2.05, 4.69) is 26.1 Å². The Labute approximate surface area is 111 Å². The minimum atomic E-state index is -0.189. The van der Waals surface area contributed by atoms with Crippen LogP contribution in [0.4, 0.5) is 0 Å². The fourth-order valence-corrected chi connectivity index (χ4v) is 2.15. The summed E-state index contributed by atoms with van der Waals surface area (Å²) < 4.78 is 8.15. The van der Waals surface area contributed by atoms with Gasteiger partial charge in [-0.2, -0.15) is 5.10 Å². The third-order valence-corrected chi connectivity index (χ3v) is 3.21. The molecule has 1 aromatic heterocycles. The van der Waals surface area contributed by atoms with Crippen molar-refractivity contribution in [3.8, 4) is 11.4 Å². The summed E-state index contributed by atoms with van der Waals surface area (Å²) in [4.78, 5) is 0. The molecule has 5 nitrogen and oxygen atoms in total. The van der Waals surface area contributed by atoms with Gasteiger partial charge in [-0.15, -0.1) is 0 Å². The van der Waals surface area contributed by atoms with Crippen molar-refractivity contribution >= 4 is 28.1 Å². The molecule has 2 N–H and O–H groups in total. The maximum absolute atomic E-state index is 9.18. The molecule has 2 rings (SSSR count). The number of hydrogen-bond donors (Lipinski definition) is 2. The van der Waals surface area contributed by atoms with Gasteiger partial charge in [-0.3, -0.25) is 9.67 Å². The summed E-state index contributed by atoms with van der Waals surface area (Å²) in [5, 5.41) is 15.8. The zero-order valence-corrected chi connectivity index (χ0v) is 11.4. The molecule has 0 radical (unpaired) electrons. The van der Waals surface area contributed by atoms with Crippen LogP contribution in [0.1, 0.15) is 5.82 Å². The van der Waals surface area contributed by atoms with E-state index in [9.17, 15) is 5.11 Å². The Balaban J connectivity index is 2.60. The highest BCUT2D eigenvalue weighted by Crippen LogP contribution is 2.27. The number of methoxy groups -OCH3 is 1. The monoisotopic (exact) mass is 315 g/mol. The number of nitrogens with zero attached hydrogens (tertiary/aromatic N) is 2. The number of aliphatic hydroxyl groups excluding tert-OH is 1. The summed E-state index contributed by atoms with van der Waals surface area (Å²) in [7, 11) is 1.59. The third kappa shape index (κ3) is 2.26. The van der Waals surface area contributed by atoms with E-state index in [0.29, 0.717) is 16.3 Å². The second-order valence-corrected chi connectivity index (χ2v) is 4.50. The summed E-state index contributed by atoms with van der Waals surface area (Å²) in [6, 6.07) is 5.52. The van der Waals surface area contributed by atoms with Crippen LogP contribution in [0.2, 0.25) is 0 Å². The van der Waals surface area contributed by atoms with Crippen molar-refractivity contribution in [2.24, 2.45) is 0 Å². The van der Waals surface area contributed by atoms with Gasteiger partial charge in [0.15, 0.2) is 10.6 Å². The van der Waals surface area contributed by atoms with Crippen molar-refractivity contribution in [2.45, 2.75) is 6.61 Å². The van der Waals surface area contributed by atoms with Crippen LogP contribution in [0.15, 0.2) is 22.7 Å². The van der Waals surface area contributed by atoms with Crippen LogP contribution < -0.4 is 4.74 Å². The predicted octanol–water partition coefficient (Wildman–Crippen LogP) is 2.19. The number of aliphatic hydroxyl groups is 1. The highest BCUT2D eigenvalue weighted by molar-refractivity contribution is 9.10. The first kappa shape index (κ1) is 12.3. The Morgan fingerprint density at radius 3 is 3.00 bits per heavy atom. The van der Waals surface area contributed by atoms with Gasteiger partial charge in [0.25, 0.3) is 0 Å². The Kier molecular flexibility index (Phi) is 3.60. The van der Waals surface area contributed by atoms with E-state index in [1.807, 2.05) is 18.2 Å². The molecule has 0 aliphatic rings. The van der Waals surface area contributed by atoms with Gasteiger partial charge in [0.2, 0.25) is 0 Å². The number of aromatic nitrogens is 3. The molecule has 0 amide bonds. The summed E-state index contributed by atoms with van der Waals surface area (Å²) in [6.07, 6.45) is 0. The predicted molar refractivity (Wildman–Crippen MR) is 68.9 cm³/mol. The molecule has 90 valence electrons. The molecule has 17 heavy (non-hydrogen) atoms. The molecule has 7 heteroatoms. The first-order valence-electron chi connectivity index (χ1n) is 4.78. The maximum Gasteiger partial charge on any atom is 0.199 e. The standard InChI is InChI=1S/C10H10BrN3O2S/c1-16-8-4-6(2-3-7(8)11)14-9(5-15)12-13-10(14)17/h2-4,15H,5H2,1H3,(H,13,17). The second kappa shape index (κ2) is 4.99. The van der Waals surface area contributed by atoms with Crippen LogP contribution in [0.25, 0.3) is 5.69 Å². The summed E-state index contributed by atoms with van der Waals surface area (Å²) in [6.45, 7) is -0.189. The second-order valence-electron chi connectivity index (χ2n) is 3.26. The van der Waals surface area contributed by atoms with Crippen molar-refractivity contribution < 1.29 is 9.84 Å². The summed E-state index contributed by atoms with van der Waals surface area (Å²) in [5.41, 5.74) is 0.785. The van der Waals surface area contributed by atoms with E-state index in [1.165, 1.54) is 0 Å². The average molecular weight is 316 g/mol. The normalized spacial score (nSPS) is 10.5. The number of nitrogens with one attached hydrogen (secondary N) is 1. The van der Waals surface area contributed by atoms with Crippen LogP contribution in [0, 0.1) is 4.77 Å². The highest BCUT2D eigenvalue weighted by atomic mass is 79.9. The molecular formula is C10H10BrN3O2S. The summed E-state index contributed by atoms with van der Waals surface area (Å²) in [5.74, 6) is 1.15. The zero-order valence-electron chi connectivity index (χ0n) is 8.98. The van der Waals surface area contributed by atoms with E-state index in [4.69, 9.17) is 17.0 Å². The zero-order chi connectivity index (χ0) is 12.4. The van der Waals surface area contributed by atoms with Crippen LogP contribution >= 0.6 is 28.1 Å². The summed E-state index contributed by atoms with van der Waals surface area (Å²) >= 11 is 8.49. The van der Waals surface area contributed by atoms with Gasteiger partial charge >= 0.3 is 0 Å². The number of rotatable bonds is 3. The lowest BCUT2D eigenvalue weighted by molar-refractivity contribution is 0.268. The molecule has 0 fully saturated rings. The van der Waals surface area contributed by atoms with Crippen molar-refractivity contribution in [3.05, 3.63) is 33.3 Å². The molecule has 0 unspecified atom stereocenters. The van der Waals surface area contributed by atoms with Gasteiger partial charge in [-0.25, -0.2) is 0 Å². The first-order valence-corrected chi connectivity index (χ1v) is 5.98.